The number of benzene rings is 3. The van der Waals surface area contributed by atoms with E-state index in [-0.39, 0.29) is 24.3 Å². The molecule has 37 heavy (non-hydrogen) atoms. The predicted octanol–water partition coefficient (Wildman–Crippen LogP) is 5.83. The van der Waals surface area contributed by atoms with E-state index in [2.05, 4.69) is 22.4 Å². The van der Waals surface area contributed by atoms with Gasteiger partial charge in [0.2, 0.25) is 5.91 Å². The van der Waals surface area contributed by atoms with Gasteiger partial charge >= 0.3 is 0 Å². The van der Waals surface area contributed by atoms with Crippen molar-refractivity contribution >= 4 is 51.7 Å². The van der Waals surface area contributed by atoms with Crippen LogP contribution in [-0.2, 0) is 9.59 Å². The molecule has 2 aliphatic rings. The molecule has 0 unspecified atom stereocenters. The van der Waals surface area contributed by atoms with Crippen molar-refractivity contribution in [3.8, 4) is 5.75 Å². The van der Waals surface area contributed by atoms with Gasteiger partial charge in [0, 0.05) is 17.9 Å². The number of hydrogen-bond donors (Lipinski definition) is 1. The van der Waals surface area contributed by atoms with E-state index in [9.17, 15) is 9.59 Å². The van der Waals surface area contributed by atoms with Crippen LogP contribution in [-0.4, -0.2) is 40.1 Å². The smallest absolute Gasteiger partial charge is 0.262 e. The Morgan fingerprint density at radius 3 is 2.68 bits per heavy atom. The van der Waals surface area contributed by atoms with Crippen molar-refractivity contribution in [2.75, 3.05) is 12.4 Å². The van der Waals surface area contributed by atoms with E-state index in [1.165, 1.54) is 17.3 Å². The van der Waals surface area contributed by atoms with Crippen LogP contribution in [0, 0.1) is 6.92 Å². The fourth-order valence-corrected chi connectivity index (χ4v) is 5.56. The molecule has 9 heteroatoms. The van der Waals surface area contributed by atoms with Gasteiger partial charge in [-0.15, -0.1) is 0 Å². The number of ether oxygens (including phenoxy) is 1. The molecule has 3 aromatic rings. The Bertz CT molecular complexity index is 1410. The second-order valence-corrected chi connectivity index (χ2v) is 10.4. The summed E-state index contributed by atoms with van der Waals surface area (Å²) in [6, 6.07) is 22.8. The second-order valence-electron chi connectivity index (χ2n) is 8.82. The van der Waals surface area contributed by atoms with E-state index >= 15 is 0 Å². The van der Waals surface area contributed by atoms with E-state index in [0.717, 1.165) is 16.8 Å². The number of thioether (sulfide) groups is 1. The summed E-state index contributed by atoms with van der Waals surface area (Å²) in [6.07, 6.45) is 0.620. The zero-order valence-electron chi connectivity index (χ0n) is 20.3. The fraction of sp³-hybridized carbons (Fsp3) is 0.214. The highest BCUT2D eigenvalue weighted by Gasteiger charge is 2.39. The van der Waals surface area contributed by atoms with Crippen LogP contribution in [0.1, 0.15) is 35.6 Å². The zero-order valence-corrected chi connectivity index (χ0v) is 21.9. The Morgan fingerprint density at radius 2 is 1.92 bits per heavy atom. The first-order chi connectivity index (χ1) is 17.9. The van der Waals surface area contributed by atoms with E-state index in [1.54, 1.807) is 24.3 Å². The number of aliphatic imine (C=N–C) groups is 1. The van der Waals surface area contributed by atoms with Crippen LogP contribution in [0.2, 0.25) is 5.02 Å². The summed E-state index contributed by atoms with van der Waals surface area (Å²) in [7, 11) is 1.54. The van der Waals surface area contributed by atoms with Crippen LogP contribution in [0.4, 0.5) is 5.69 Å². The highest BCUT2D eigenvalue weighted by atomic mass is 35.5. The molecule has 0 spiro atoms. The van der Waals surface area contributed by atoms with E-state index in [1.807, 2.05) is 55.5 Å². The molecule has 188 valence electrons. The number of hydrazone groups is 1. The second kappa shape index (κ2) is 10.8. The first-order valence-corrected chi connectivity index (χ1v) is 13.1. The molecule has 0 saturated carbocycles. The van der Waals surface area contributed by atoms with Gasteiger partial charge in [0.15, 0.2) is 5.17 Å². The molecular formula is C28H25ClN4O3S. The number of anilines is 1. The maximum Gasteiger partial charge on any atom is 0.262 e. The number of amides is 2. The Balaban J connectivity index is 1.35. The minimum Gasteiger partial charge on any atom is -0.495 e. The maximum absolute atomic E-state index is 12.8. The standard InChI is InChI=1S/C28H25ClN4O3S/c1-17-10-12-18(13-11-17)22-15-23(19-6-5-7-20(29)14-19)33(32-22)28-31-27(35)25(37-28)16-26(34)30-21-8-3-4-9-24(21)36-2/h3-14,23,25H,15-16H2,1-2H3,(H,30,34)/t23-,25-/m0/s1. The van der Waals surface area contributed by atoms with Crippen LogP contribution in [0.15, 0.2) is 82.9 Å². The van der Waals surface area contributed by atoms with E-state index in [0.29, 0.717) is 28.0 Å². The number of carbonyl (C=O) groups excluding carboxylic acids is 2. The van der Waals surface area contributed by atoms with Gasteiger partial charge in [-0.1, -0.05) is 77.5 Å². The molecule has 0 aliphatic carbocycles. The van der Waals surface area contributed by atoms with Crippen molar-refractivity contribution in [3.63, 3.8) is 0 Å². The van der Waals surface area contributed by atoms with E-state index < -0.39 is 5.25 Å². The summed E-state index contributed by atoms with van der Waals surface area (Å²) in [5.41, 5.74) is 4.62. The molecule has 1 N–H and O–H groups in total. The summed E-state index contributed by atoms with van der Waals surface area (Å²) in [4.78, 5) is 29.9. The quantitative estimate of drug-likeness (QED) is 0.431. The molecule has 5 rings (SSSR count). The number of methoxy groups -OCH3 is 1. The van der Waals surface area contributed by atoms with Gasteiger partial charge in [0.25, 0.3) is 5.91 Å². The first kappa shape index (κ1) is 25.0. The largest absolute Gasteiger partial charge is 0.495 e. The minimum atomic E-state index is -0.636. The number of nitrogens with zero attached hydrogens (tertiary/aromatic N) is 3. The number of amidine groups is 1. The summed E-state index contributed by atoms with van der Waals surface area (Å²) >= 11 is 7.56. The Labute approximate surface area is 224 Å². The average Bonchev–Trinajstić information content (AvgIpc) is 3.49. The van der Waals surface area contributed by atoms with Crippen LogP contribution >= 0.6 is 23.4 Å². The lowest BCUT2D eigenvalue weighted by Gasteiger charge is -2.23. The molecule has 0 aromatic heterocycles. The normalized spacial score (nSPS) is 19.0. The number of carbonyl (C=O) groups is 2. The Morgan fingerprint density at radius 1 is 1.14 bits per heavy atom. The molecular weight excluding hydrogens is 508 g/mol. The highest BCUT2D eigenvalue weighted by molar-refractivity contribution is 8.15. The third-order valence-corrected chi connectivity index (χ3v) is 7.58. The predicted molar refractivity (Wildman–Crippen MR) is 148 cm³/mol. The molecule has 2 amide bonds. The molecule has 3 aromatic carbocycles. The first-order valence-electron chi connectivity index (χ1n) is 11.8. The number of aryl methyl sites for hydroxylation is 1. The zero-order chi connectivity index (χ0) is 25.9. The number of para-hydroxylation sites is 2. The molecule has 0 saturated heterocycles. The third kappa shape index (κ3) is 5.55. The van der Waals surface area contributed by atoms with Crippen LogP contribution in [0.25, 0.3) is 0 Å². The number of rotatable bonds is 6. The topological polar surface area (TPSA) is 83.4 Å². The minimum absolute atomic E-state index is 0.0151. The van der Waals surface area contributed by atoms with Crippen LogP contribution < -0.4 is 10.1 Å². The van der Waals surface area contributed by atoms with Crippen molar-refractivity contribution in [2.45, 2.75) is 31.1 Å². The summed E-state index contributed by atoms with van der Waals surface area (Å²) in [5, 5.41) is 9.98. The van der Waals surface area contributed by atoms with Crippen LogP contribution in [0.3, 0.4) is 0 Å². The summed E-state index contributed by atoms with van der Waals surface area (Å²) in [5.74, 6) is -0.0833. The lowest BCUT2D eigenvalue weighted by Crippen LogP contribution is -2.25. The van der Waals surface area contributed by atoms with E-state index in [4.69, 9.17) is 21.4 Å². The summed E-state index contributed by atoms with van der Waals surface area (Å²) < 4.78 is 5.30. The number of nitrogens with one attached hydrogen (secondary N) is 1. The monoisotopic (exact) mass is 532 g/mol. The SMILES string of the molecule is COc1ccccc1NC(=O)C[C@@H]1SC(N2N=C(c3ccc(C)cc3)C[C@H]2c2cccc(Cl)c2)=NC1=O. The molecule has 2 aliphatic heterocycles. The lowest BCUT2D eigenvalue weighted by molar-refractivity contribution is -0.121. The van der Waals surface area contributed by atoms with Crippen LogP contribution in [0.5, 0.6) is 5.75 Å². The van der Waals surface area contributed by atoms with Crippen molar-refractivity contribution in [2.24, 2.45) is 10.1 Å². The van der Waals surface area contributed by atoms with Gasteiger partial charge in [-0.3, -0.25) is 9.59 Å². The van der Waals surface area contributed by atoms with Gasteiger partial charge in [-0.25, -0.2) is 5.01 Å². The molecule has 2 atom stereocenters. The molecule has 0 fully saturated rings. The third-order valence-electron chi connectivity index (χ3n) is 6.21. The maximum atomic E-state index is 12.8. The highest BCUT2D eigenvalue weighted by Crippen LogP contribution is 2.39. The Kier molecular flexibility index (Phi) is 7.30. The number of halogens is 1. The van der Waals surface area contributed by atoms with Gasteiger partial charge in [-0.2, -0.15) is 10.1 Å². The lowest BCUT2D eigenvalue weighted by atomic mass is 9.98. The molecule has 7 nitrogen and oxygen atoms in total. The van der Waals surface area contributed by atoms with Gasteiger partial charge < -0.3 is 10.1 Å². The van der Waals surface area contributed by atoms with Crippen molar-refractivity contribution < 1.29 is 14.3 Å². The van der Waals surface area contributed by atoms with Crippen molar-refractivity contribution in [1.82, 2.24) is 5.01 Å². The number of hydrogen-bond acceptors (Lipinski definition) is 6. The molecule has 2 heterocycles. The van der Waals surface area contributed by atoms with Gasteiger partial charge in [-0.05, 0) is 42.3 Å². The van der Waals surface area contributed by atoms with Gasteiger partial charge in [0.1, 0.15) is 11.0 Å². The summed E-state index contributed by atoms with van der Waals surface area (Å²) in [6.45, 7) is 2.04. The molecule has 0 radical (unpaired) electrons. The van der Waals surface area contributed by atoms with Crippen molar-refractivity contribution in [1.29, 1.82) is 0 Å². The van der Waals surface area contributed by atoms with Crippen molar-refractivity contribution in [3.05, 3.63) is 94.5 Å². The average molecular weight is 533 g/mol. The molecule has 0 bridgehead atoms. The van der Waals surface area contributed by atoms with Gasteiger partial charge in [0.05, 0.1) is 24.6 Å². The Hall–Kier alpha value is -3.62. The fourth-order valence-electron chi connectivity index (χ4n) is 4.30.